The molecule has 0 nitrogen and oxygen atoms in total. The second-order valence-corrected chi connectivity index (χ2v) is 8.14. The summed E-state index contributed by atoms with van der Waals surface area (Å²) in [7, 11) is 0. The Morgan fingerprint density at radius 1 is 0.250 bits per heavy atom. The molecule has 0 fully saturated rings. The van der Waals surface area contributed by atoms with Crippen molar-refractivity contribution in [1.82, 2.24) is 0 Å². The first-order valence-electron chi connectivity index (χ1n) is 11.0. The van der Waals surface area contributed by atoms with E-state index in [9.17, 15) is 0 Å². The lowest BCUT2D eigenvalue weighted by atomic mass is 9.87. The van der Waals surface area contributed by atoms with Crippen molar-refractivity contribution in [3.05, 3.63) is 133 Å². The van der Waals surface area contributed by atoms with Crippen LogP contribution in [0.5, 0.6) is 0 Å². The second-order valence-electron chi connectivity index (χ2n) is 8.14. The monoisotopic (exact) mass is 406 g/mol. The first kappa shape index (κ1) is 18.6. The Morgan fingerprint density at radius 3 is 1.56 bits per heavy atom. The van der Waals surface area contributed by atoms with Crippen LogP contribution in [0.15, 0.2) is 133 Å². The number of hydrogen-bond acceptors (Lipinski definition) is 0. The summed E-state index contributed by atoms with van der Waals surface area (Å²) in [6.07, 6.45) is 0. The van der Waals surface area contributed by atoms with Crippen molar-refractivity contribution >= 4 is 21.5 Å². The molecule has 6 rings (SSSR count). The molecular formula is C32H22. The Kier molecular flexibility index (Phi) is 4.55. The topological polar surface area (TPSA) is 0 Å². The zero-order valence-corrected chi connectivity index (χ0v) is 17.7. The Bertz CT molecular complexity index is 1560. The smallest absolute Gasteiger partial charge is 0.00987 e. The van der Waals surface area contributed by atoms with E-state index in [1.165, 1.54) is 54.9 Å². The number of fused-ring (bicyclic) bond motifs is 3. The van der Waals surface area contributed by atoms with Gasteiger partial charge < -0.3 is 0 Å². The Balaban J connectivity index is 1.62. The van der Waals surface area contributed by atoms with E-state index in [-0.39, 0.29) is 0 Å². The molecule has 6 aromatic carbocycles. The lowest BCUT2D eigenvalue weighted by molar-refractivity contribution is 1.57. The van der Waals surface area contributed by atoms with Gasteiger partial charge in [0.15, 0.2) is 0 Å². The molecule has 0 atom stereocenters. The van der Waals surface area contributed by atoms with Gasteiger partial charge >= 0.3 is 0 Å². The molecule has 0 spiro atoms. The van der Waals surface area contributed by atoms with Gasteiger partial charge in [-0.25, -0.2) is 0 Å². The van der Waals surface area contributed by atoms with E-state index in [2.05, 4.69) is 133 Å². The highest BCUT2D eigenvalue weighted by Gasteiger charge is 2.14. The molecule has 0 saturated heterocycles. The van der Waals surface area contributed by atoms with Gasteiger partial charge in [0.05, 0.1) is 0 Å². The average Bonchev–Trinajstić information content (AvgIpc) is 2.89. The minimum atomic E-state index is 1.24. The summed E-state index contributed by atoms with van der Waals surface area (Å²) in [4.78, 5) is 0. The van der Waals surface area contributed by atoms with Gasteiger partial charge in [0.2, 0.25) is 0 Å². The minimum absolute atomic E-state index is 1.24. The van der Waals surface area contributed by atoms with Crippen LogP contribution in [0.3, 0.4) is 0 Å². The van der Waals surface area contributed by atoms with Crippen LogP contribution in [0, 0.1) is 0 Å². The van der Waals surface area contributed by atoms with Crippen molar-refractivity contribution < 1.29 is 0 Å². The SMILES string of the molecule is c1ccc(-c2ccccc2-c2ccccc2-c2cccc3c2ccc2ccccc23)cc1. The maximum Gasteiger partial charge on any atom is -0.00987 e. The van der Waals surface area contributed by atoms with E-state index < -0.39 is 0 Å². The number of hydrogen-bond donors (Lipinski definition) is 0. The summed E-state index contributed by atoms with van der Waals surface area (Å²) >= 11 is 0. The fraction of sp³-hybridized carbons (Fsp3) is 0. The zero-order chi connectivity index (χ0) is 21.3. The van der Waals surface area contributed by atoms with Gasteiger partial charge in [0.1, 0.15) is 0 Å². The zero-order valence-electron chi connectivity index (χ0n) is 17.7. The van der Waals surface area contributed by atoms with E-state index in [0.717, 1.165) is 0 Å². The Labute approximate surface area is 188 Å². The Morgan fingerprint density at radius 2 is 0.781 bits per heavy atom. The average molecular weight is 407 g/mol. The predicted molar refractivity (Wildman–Crippen MR) is 138 cm³/mol. The first-order valence-corrected chi connectivity index (χ1v) is 11.0. The van der Waals surface area contributed by atoms with Gasteiger partial charge in [-0.05, 0) is 54.9 Å². The highest BCUT2D eigenvalue weighted by Crippen LogP contribution is 2.41. The molecule has 0 heteroatoms. The lowest BCUT2D eigenvalue weighted by Gasteiger charge is -2.16. The van der Waals surface area contributed by atoms with Crippen molar-refractivity contribution in [2.24, 2.45) is 0 Å². The normalized spacial score (nSPS) is 11.1. The van der Waals surface area contributed by atoms with Crippen LogP contribution in [0.25, 0.3) is 54.9 Å². The lowest BCUT2D eigenvalue weighted by Crippen LogP contribution is -1.90. The largest absolute Gasteiger partial charge is 0.0622 e. The molecule has 0 saturated carbocycles. The third-order valence-electron chi connectivity index (χ3n) is 6.31. The molecule has 0 aliphatic heterocycles. The predicted octanol–water partition coefficient (Wildman–Crippen LogP) is 8.99. The van der Waals surface area contributed by atoms with Gasteiger partial charge in [-0.3, -0.25) is 0 Å². The Hall–Kier alpha value is -4.16. The summed E-state index contributed by atoms with van der Waals surface area (Å²) in [6.45, 7) is 0. The summed E-state index contributed by atoms with van der Waals surface area (Å²) in [5, 5.41) is 5.16. The number of benzene rings is 6. The highest BCUT2D eigenvalue weighted by atomic mass is 14.2. The van der Waals surface area contributed by atoms with E-state index in [0.29, 0.717) is 0 Å². The molecule has 0 unspecified atom stereocenters. The maximum atomic E-state index is 2.27. The molecule has 0 radical (unpaired) electrons. The molecule has 32 heavy (non-hydrogen) atoms. The van der Waals surface area contributed by atoms with Crippen molar-refractivity contribution in [3.8, 4) is 33.4 Å². The molecule has 0 heterocycles. The summed E-state index contributed by atoms with van der Waals surface area (Å²) < 4.78 is 0. The highest BCUT2D eigenvalue weighted by molar-refractivity contribution is 6.13. The van der Waals surface area contributed by atoms with Gasteiger partial charge in [0.25, 0.3) is 0 Å². The molecule has 6 aromatic rings. The van der Waals surface area contributed by atoms with Crippen LogP contribution in [0.2, 0.25) is 0 Å². The molecule has 0 aliphatic rings. The molecule has 0 aromatic heterocycles. The number of rotatable bonds is 3. The molecule has 0 aliphatic carbocycles. The van der Waals surface area contributed by atoms with E-state index in [1.54, 1.807) is 0 Å². The summed E-state index contributed by atoms with van der Waals surface area (Å²) in [5.74, 6) is 0. The van der Waals surface area contributed by atoms with Crippen LogP contribution >= 0.6 is 0 Å². The van der Waals surface area contributed by atoms with Crippen LogP contribution in [0.1, 0.15) is 0 Å². The second kappa shape index (κ2) is 7.83. The molecule has 150 valence electrons. The van der Waals surface area contributed by atoms with Crippen LogP contribution in [-0.2, 0) is 0 Å². The van der Waals surface area contributed by atoms with Gasteiger partial charge in [0, 0.05) is 0 Å². The van der Waals surface area contributed by atoms with Gasteiger partial charge in [-0.15, -0.1) is 0 Å². The minimum Gasteiger partial charge on any atom is -0.0622 e. The molecule has 0 amide bonds. The van der Waals surface area contributed by atoms with E-state index in [4.69, 9.17) is 0 Å². The fourth-order valence-corrected chi connectivity index (χ4v) is 4.82. The van der Waals surface area contributed by atoms with E-state index in [1.807, 2.05) is 0 Å². The fourth-order valence-electron chi connectivity index (χ4n) is 4.82. The van der Waals surface area contributed by atoms with Crippen molar-refractivity contribution in [1.29, 1.82) is 0 Å². The molecule has 0 bridgehead atoms. The van der Waals surface area contributed by atoms with E-state index >= 15 is 0 Å². The van der Waals surface area contributed by atoms with Crippen LogP contribution < -0.4 is 0 Å². The van der Waals surface area contributed by atoms with Gasteiger partial charge in [-0.2, -0.15) is 0 Å². The maximum absolute atomic E-state index is 2.27. The van der Waals surface area contributed by atoms with Crippen molar-refractivity contribution in [2.75, 3.05) is 0 Å². The quantitative estimate of drug-likeness (QED) is 0.257. The summed E-state index contributed by atoms with van der Waals surface area (Å²) in [6, 6.07) is 48.0. The van der Waals surface area contributed by atoms with Crippen molar-refractivity contribution in [3.63, 3.8) is 0 Å². The molecular weight excluding hydrogens is 384 g/mol. The van der Waals surface area contributed by atoms with Crippen LogP contribution in [0.4, 0.5) is 0 Å². The molecule has 0 N–H and O–H groups in total. The first-order chi connectivity index (χ1) is 15.9. The third kappa shape index (κ3) is 3.09. The standard InChI is InChI=1S/C32H22/c1-2-11-23(12-3-1)25-15-6-7-16-27(25)29-17-8-9-18-30(29)31-20-10-19-28-26-14-5-4-13-24(26)21-22-32(28)31/h1-22H. The van der Waals surface area contributed by atoms with Gasteiger partial charge in [-0.1, -0.05) is 133 Å². The summed E-state index contributed by atoms with van der Waals surface area (Å²) in [5.41, 5.74) is 7.54. The van der Waals surface area contributed by atoms with Crippen LogP contribution in [-0.4, -0.2) is 0 Å². The van der Waals surface area contributed by atoms with Crippen molar-refractivity contribution in [2.45, 2.75) is 0 Å². The third-order valence-corrected chi connectivity index (χ3v) is 6.31.